The van der Waals surface area contributed by atoms with Crippen molar-refractivity contribution in [1.29, 1.82) is 0 Å². The van der Waals surface area contributed by atoms with Crippen LogP contribution in [0.5, 0.6) is 0 Å². The Labute approximate surface area is 163 Å². The Bertz CT molecular complexity index is 592. The van der Waals surface area contributed by atoms with Crippen LogP contribution in [0.3, 0.4) is 0 Å². The van der Waals surface area contributed by atoms with Crippen LogP contribution in [0, 0.1) is 11.8 Å². The fraction of sp³-hybridized carbons (Fsp3) is 0.706. The van der Waals surface area contributed by atoms with E-state index in [1.165, 1.54) is 0 Å². The van der Waals surface area contributed by atoms with Gasteiger partial charge in [0, 0.05) is 0 Å². The van der Waals surface area contributed by atoms with E-state index in [1.807, 2.05) is 13.8 Å². The molecule has 3 unspecified atom stereocenters. The smallest absolute Gasteiger partial charge is 0.326 e. The van der Waals surface area contributed by atoms with Crippen molar-refractivity contribution in [3.8, 4) is 0 Å². The number of carbonyl (C=O) groups excluding carboxylic acids is 3. The van der Waals surface area contributed by atoms with Gasteiger partial charge in [-0.05, 0) is 18.3 Å². The van der Waals surface area contributed by atoms with Crippen molar-refractivity contribution in [2.45, 2.75) is 58.7 Å². The molecule has 0 aliphatic heterocycles. The Morgan fingerprint density at radius 1 is 0.857 bits per heavy atom. The average molecular weight is 402 g/mol. The van der Waals surface area contributed by atoms with E-state index in [1.54, 1.807) is 13.8 Å². The Morgan fingerprint density at radius 3 is 1.82 bits per heavy atom. The quantitative estimate of drug-likeness (QED) is 0.231. The summed E-state index contributed by atoms with van der Waals surface area (Å²) in [6.45, 7) is 6.67. The third kappa shape index (κ3) is 9.31. The zero-order valence-electron chi connectivity index (χ0n) is 16.5. The molecule has 7 N–H and O–H groups in total. The van der Waals surface area contributed by atoms with Crippen molar-refractivity contribution in [3.05, 3.63) is 0 Å². The molecule has 3 amide bonds. The van der Waals surface area contributed by atoms with Crippen LogP contribution in [0.4, 0.5) is 0 Å². The SMILES string of the molecule is CC(C)CC(NC(=O)CN)C(=O)NC(C(=O)NC(CC(=O)O)C(=O)O)C(C)C. The van der Waals surface area contributed by atoms with Gasteiger partial charge < -0.3 is 31.9 Å². The molecule has 0 aliphatic carbocycles. The normalized spacial score (nSPS) is 14.1. The molecule has 0 aliphatic rings. The van der Waals surface area contributed by atoms with Crippen molar-refractivity contribution >= 4 is 29.7 Å². The molecule has 0 aromatic carbocycles. The van der Waals surface area contributed by atoms with Crippen molar-refractivity contribution in [3.63, 3.8) is 0 Å². The molecular formula is C17H30N4O7. The summed E-state index contributed by atoms with van der Waals surface area (Å²) in [4.78, 5) is 58.5. The van der Waals surface area contributed by atoms with Crippen molar-refractivity contribution in [1.82, 2.24) is 16.0 Å². The average Bonchev–Trinajstić information content (AvgIpc) is 2.56. The number of carboxylic acids is 2. The Hall–Kier alpha value is -2.69. The first-order valence-electron chi connectivity index (χ1n) is 8.93. The standard InChI is InChI=1S/C17H30N4O7/c1-8(2)5-10(19-12(22)7-18)15(25)21-14(9(3)4)16(26)20-11(17(27)28)6-13(23)24/h8-11,14H,5-7,18H2,1-4H3,(H,19,22)(H,20,26)(H,21,25)(H,23,24)(H,27,28). The number of amides is 3. The zero-order chi connectivity index (χ0) is 22.0. The van der Waals surface area contributed by atoms with E-state index in [2.05, 4.69) is 16.0 Å². The number of aliphatic carboxylic acids is 2. The van der Waals surface area contributed by atoms with Crippen LogP contribution >= 0.6 is 0 Å². The summed E-state index contributed by atoms with van der Waals surface area (Å²) in [6.07, 6.45) is -0.497. The molecule has 28 heavy (non-hydrogen) atoms. The number of hydrogen-bond acceptors (Lipinski definition) is 6. The maximum Gasteiger partial charge on any atom is 0.326 e. The number of rotatable bonds is 12. The van der Waals surface area contributed by atoms with Crippen LogP contribution in [0.25, 0.3) is 0 Å². The first kappa shape index (κ1) is 25.3. The molecule has 11 heteroatoms. The lowest BCUT2D eigenvalue weighted by atomic mass is 9.99. The van der Waals surface area contributed by atoms with E-state index in [-0.39, 0.29) is 12.5 Å². The maximum absolute atomic E-state index is 12.6. The summed E-state index contributed by atoms with van der Waals surface area (Å²) in [5, 5.41) is 24.9. The number of hydrogen-bond donors (Lipinski definition) is 6. The molecule has 0 saturated heterocycles. The van der Waals surface area contributed by atoms with Gasteiger partial charge in [-0.25, -0.2) is 4.79 Å². The van der Waals surface area contributed by atoms with Crippen molar-refractivity contribution in [2.75, 3.05) is 6.54 Å². The van der Waals surface area contributed by atoms with Gasteiger partial charge in [0.05, 0.1) is 13.0 Å². The fourth-order valence-electron chi connectivity index (χ4n) is 2.38. The lowest BCUT2D eigenvalue weighted by Gasteiger charge is -2.27. The summed E-state index contributed by atoms with van der Waals surface area (Å²) in [5.41, 5.74) is 5.26. The predicted molar refractivity (Wildman–Crippen MR) is 99.0 cm³/mol. The minimum Gasteiger partial charge on any atom is -0.481 e. The van der Waals surface area contributed by atoms with Gasteiger partial charge >= 0.3 is 11.9 Å². The third-order valence-electron chi connectivity index (χ3n) is 3.78. The highest BCUT2D eigenvalue weighted by Crippen LogP contribution is 2.08. The van der Waals surface area contributed by atoms with Gasteiger partial charge in [-0.1, -0.05) is 27.7 Å². The fourth-order valence-corrected chi connectivity index (χ4v) is 2.38. The van der Waals surface area contributed by atoms with Gasteiger partial charge in [0.1, 0.15) is 18.1 Å². The minimum atomic E-state index is -1.63. The Kier molecular flexibility index (Phi) is 10.8. The zero-order valence-corrected chi connectivity index (χ0v) is 16.5. The first-order chi connectivity index (χ1) is 12.9. The molecule has 0 saturated carbocycles. The Morgan fingerprint density at radius 2 is 1.43 bits per heavy atom. The van der Waals surface area contributed by atoms with Crippen LogP contribution in [0.2, 0.25) is 0 Å². The van der Waals surface area contributed by atoms with Crippen LogP contribution in [-0.4, -0.2) is 64.5 Å². The van der Waals surface area contributed by atoms with Gasteiger partial charge in [-0.2, -0.15) is 0 Å². The molecule has 3 atom stereocenters. The number of nitrogens with two attached hydrogens (primary N) is 1. The van der Waals surface area contributed by atoms with E-state index < -0.39 is 60.1 Å². The Balaban J connectivity index is 5.30. The largest absolute Gasteiger partial charge is 0.481 e. The number of nitrogens with one attached hydrogen (secondary N) is 3. The van der Waals surface area contributed by atoms with Gasteiger partial charge in [0.25, 0.3) is 0 Å². The van der Waals surface area contributed by atoms with Crippen LogP contribution in [-0.2, 0) is 24.0 Å². The summed E-state index contributed by atoms with van der Waals surface area (Å²) in [7, 11) is 0. The molecule has 0 spiro atoms. The van der Waals surface area contributed by atoms with E-state index in [4.69, 9.17) is 15.9 Å². The molecule has 0 bridgehead atoms. The summed E-state index contributed by atoms with van der Waals surface area (Å²) >= 11 is 0. The molecule has 160 valence electrons. The third-order valence-corrected chi connectivity index (χ3v) is 3.78. The molecule has 11 nitrogen and oxygen atoms in total. The first-order valence-corrected chi connectivity index (χ1v) is 8.93. The van der Waals surface area contributed by atoms with Crippen molar-refractivity contribution < 1.29 is 34.2 Å². The molecule has 0 aromatic rings. The second-order valence-electron chi connectivity index (χ2n) is 7.18. The highest BCUT2D eigenvalue weighted by atomic mass is 16.4. The summed E-state index contributed by atoms with van der Waals surface area (Å²) in [6, 6.07) is -3.67. The predicted octanol–water partition coefficient (Wildman–Crippen LogP) is -1.34. The topological polar surface area (TPSA) is 188 Å². The summed E-state index contributed by atoms with van der Waals surface area (Å²) in [5.74, 6) is -5.23. The maximum atomic E-state index is 12.6. The lowest BCUT2D eigenvalue weighted by Crippen LogP contribution is -2.58. The number of carbonyl (C=O) groups is 5. The van der Waals surface area contributed by atoms with Gasteiger partial charge in [0.15, 0.2) is 0 Å². The highest BCUT2D eigenvalue weighted by molar-refractivity contribution is 5.94. The minimum absolute atomic E-state index is 0.0621. The number of carboxylic acid groups (broad SMARTS) is 2. The van der Waals surface area contributed by atoms with E-state index in [0.29, 0.717) is 6.42 Å². The highest BCUT2D eigenvalue weighted by Gasteiger charge is 2.32. The molecule has 0 heterocycles. The molecule has 0 aromatic heterocycles. The summed E-state index contributed by atoms with van der Waals surface area (Å²) < 4.78 is 0. The van der Waals surface area contributed by atoms with Crippen LogP contribution in [0.15, 0.2) is 0 Å². The van der Waals surface area contributed by atoms with Gasteiger partial charge in [0.2, 0.25) is 17.7 Å². The van der Waals surface area contributed by atoms with Crippen LogP contribution < -0.4 is 21.7 Å². The molecule has 0 radical (unpaired) electrons. The van der Waals surface area contributed by atoms with Crippen molar-refractivity contribution in [2.24, 2.45) is 17.6 Å². The molecular weight excluding hydrogens is 372 g/mol. The molecule has 0 fully saturated rings. The van der Waals surface area contributed by atoms with Crippen LogP contribution in [0.1, 0.15) is 40.5 Å². The van der Waals surface area contributed by atoms with E-state index in [0.717, 1.165) is 0 Å². The van der Waals surface area contributed by atoms with Gasteiger partial charge in [-0.3, -0.25) is 19.2 Å². The lowest BCUT2D eigenvalue weighted by molar-refractivity contribution is -0.147. The monoisotopic (exact) mass is 402 g/mol. The second kappa shape index (κ2) is 11.9. The molecule has 0 rings (SSSR count). The van der Waals surface area contributed by atoms with Gasteiger partial charge in [-0.15, -0.1) is 0 Å². The second-order valence-corrected chi connectivity index (χ2v) is 7.18. The van der Waals surface area contributed by atoms with E-state index in [9.17, 15) is 24.0 Å². The van der Waals surface area contributed by atoms with E-state index >= 15 is 0 Å².